The maximum absolute atomic E-state index is 12.1. The molecule has 0 saturated carbocycles. The largest absolute Gasteiger partial charge is 0.496 e. The molecule has 1 heterocycles. The van der Waals surface area contributed by atoms with Gasteiger partial charge >= 0.3 is 0 Å². The summed E-state index contributed by atoms with van der Waals surface area (Å²) >= 11 is 0. The normalized spacial score (nSPS) is 15.7. The van der Waals surface area contributed by atoms with Gasteiger partial charge in [0.1, 0.15) is 5.75 Å². The number of nitro benzene ring substituents is 1. The summed E-state index contributed by atoms with van der Waals surface area (Å²) in [6.07, 6.45) is 0. The molecule has 0 aliphatic carbocycles. The highest BCUT2D eigenvalue weighted by Gasteiger charge is 2.26. The lowest BCUT2D eigenvalue weighted by molar-refractivity contribution is -0.384. The topological polar surface area (TPSA) is 98.5 Å². The molecule has 8 heteroatoms. The fourth-order valence-corrected chi connectivity index (χ4v) is 3.88. The molecule has 7 nitrogen and oxygen atoms in total. The predicted octanol–water partition coefficient (Wildman–Crippen LogP) is 0.738. The maximum Gasteiger partial charge on any atom is 0.270 e. The van der Waals surface area contributed by atoms with Crippen LogP contribution in [0, 0.1) is 16.0 Å². The van der Waals surface area contributed by atoms with Crippen molar-refractivity contribution in [2.24, 2.45) is 5.92 Å². The fraction of sp³-hybridized carbons (Fsp3) is 0.500. The maximum atomic E-state index is 12.1. The van der Waals surface area contributed by atoms with Crippen LogP contribution in [0.3, 0.4) is 0 Å². The average molecular weight is 300 g/mol. The van der Waals surface area contributed by atoms with E-state index in [2.05, 4.69) is 5.32 Å². The molecule has 1 aliphatic rings. The van der Waals surface area contributed by atoms with E-state index in [-0.39, 0.29) is 23.1 Å². The van der Waals surface area contributed by atoms with Crippen LogP contribution in [0.5, 0.6) is 5.75 Å². The number of hydrogen-bond donors (Lipinski definition) is 1. The highest BCUT2D eigenvalue weighted by molar-refractivity contribution is 7.90. The van der Waals surface area contributed by atoms with Crippen LogP contribution in [0.15, 0.2) is 18.2 Å². The van der Waals surface area contributed by atoms with E-state index in [0.717, 1.165) is 0 Å². The van der Waals surface area contributed by atoms with Gasteiger partial charge in [-0.1, -0.05) is 0 Å². The van der Waals surface area contributed by atoms with Crippen molar-refractivity contribution in [3.63, 3.8) is 0 Å². The third-order valence-corrected chi connectivity index (χ3v) is 4.94. The lowest BCUT2D eigenvalue weighted by atomic mass is 10.1. The van der Waals surface area contributed by atoms with Crippen LogP contribution >= 0.6 is 0 Å². The summed E-state index contributed by atoms with van der Waals surface area (Å²) in [4.78, 5) is 10.2. The molecule has 1 saturated heterocycles. The summed E-state index contributed by atoms with van der Waals surface area (Å²) in [5.74, 6) is 0.329. The van der Waals surface area contributed by atoms with Crippen molar-refractivity contribution in [1.82, 2.24) is 5.32 Å². The van der Waals surface area contributed by atoms with E-state index in [1.165, 1.54) is 25.3 Å². The number of non-ortho nitro benzene ring substituents is 1. The summed E-state index contributed by atoms with van der Waals surface area (Å²) in [5.41, 5.74) is 0.190. The lowest BCUT2D eigenvalue weighted by Gasteiger charge is -2.26. The van der Waals surface area contributed by atoms with Gasteiger partial charge < -0.3 is 10.1 Å². The molecule has 0 atom stereocenters. The first-order valence-corrected chi connectivity index (χ1v) is 7.96. The zero-order valence-electron chi connectivity index (χ0n) is 11.0. The molecule has 1 aromatic carbocycles. The molecule has 1 fully saturated rings. The lowest BCUT2D eigenvalue weighted by Crippen LogP contribution is -2.45. The van der Waals surface area contributed by atoms with Gasteiger partial charge in [0.25, 0.3) is 5.69 Å². The SMILES string of the molecule is COc1ccc([N+](=O)[O-])cc1CS(=O)(=O)CC1CNC1. The molecule has 2 rings (SSSR count). The van der Waals surface area contributed by atoms with Crippen LogP contribution in [-0.4, -0.2) is 39.3 Å². The molecule has 0 spiro atoms. The van der Waals surface area contributed by atoms with Crippen molar-refractivity contribution < 1.29 is 18.1 Å². The Hall–Kier alpha value is -1.67. The Labute approximate surface area is 117 Å². The molecule has 1 aliphatic heterocycles. The molecule has 0 bridgehead atoms. The second kappa shape index (κ2) is 5.76. The Morgan fingerprint density at radius 3 is 2.65 bits per heavy atom. The second-order valence-electron chi connectivity index (χ2n) is 4.83. The molecule has 0 amide bonds. The average Bonchev–Trinajstić information content (AvgIpc) is 2.33. The summed E-state index contributed by atoms with van der Waals surface area (Å²) in [5, 5.41) is 13.8. The molecule has 1 aromatic rings. The van der Waals surface area contributed by atoms with Gasteiger partial charge in [-0.05, 0) is 12.0 Å². The first-order chi connectivity index (χ1) is 9.41. The van der Waals surface area contributed by atoms with E-state index in [4.69, 9.17) is 4.74 Å². The van der Waals surface area contributed by atoms with Gasteiger partial charge in [0.05, 0.1) is 23.5 Å². The van der Waals surface area contributed by atoms with E-state index >= 15 is 0 Å². The van der Waals surface area contributed by atoms with Gasteiger partial charge in [0.2, 0.25) is 0 Å². The number of ether oxygens (including phenoxy) is 1. The number of sulfone groups is 1. The van der Waals surface area contributed by atoms with Crippen molar-refractivity contribution >= 4 is 15.5 Å². The molecule has 0 aromatic heterocycles. The Morgan fingerprint density at radius 1 is 1.45 bits per heavy atom. The van der Waals surface area contributed by atoms with Gasteiger partial charge in [-0.15, -0.1) is 0 Å². The molecule has 110 valence electrons. The zero-order valence-corrected chi connectivity index (χ0v) is 11.9. The third kappa shape index (κ3) is 3.45. The number of nitrogens with one attached hydrogen (secondary N) is 1. The summed E-state index contributed by atoms with van der Waals surface area (Å²) in [7, 11) is -1.90. The van der Waals surface area contributed by atoms with Crippen molar-refractivity contribution in [1.29, 1.82) is 0 Å². The number of rotatable bonds is 6. The molecule has 0 unspecified atom stereocenters. The van der Waals surface area contributed by atoms with Crippen LogP contribution in [-0.2, 0) is 15.6 Å². The molecule has 1 N–H and O–H groups in total. The Morgan fingerprint density at radius 2 is 2.15 bits per heavy atom. The standard InChI is InChI=1S/C12H16N2O5S/c1-19-12-3-2-11(14(15)16)4-10(12)8-20(17,18)7-9-5-13-6-9/h2-4,9,13H,5-8H2,1H3. The number of nitro groups is 1. The van der Waals surface area contributed by atoms with Gasteiger partial charge in [0, 0.05) is 30.8 Å². The Kier molecular flexibility index (Phi) is 4.24. The van der Waals surface area contributed by atoms with E-state index in [9.17, 15) is 18.5 Å². The van der Waals surface area contributed by atoms with Gasteiger partial charge in [-0.25, -0.2) is 8.42 Å². The molecular weight excluding hydrogens is 284 g/mol. The van der Waals surface area contributed by atoms with Crippen molar-refractivity contribution in [3.05, 3.63) is 33.9 Å². The van der Waals surface area contributed by atoms with Gasteiger partial charge in [-0.3, -0.25) is 10.1 Å². The number of methoxy groups -OCH3 is 1. The summed E-state index contributed by atoms with van der Waals surface area (Å²) in [6.45, 7) is 1.40. The third-order valence-electron chi connectivity index (χ3n) is 3.21. The number of hydrogen-bond acceptors (Lipinski definition) is 6. The Balaban J connectivity index is 2.21. The minimum Gasteiger partial charge on any atom is -0.496 e. The quantitative estimate of drug-likeness (QED) is 0.614. The van der Waals surface area contributed by atoms with Gasteiger partial charge in [0.15, 0.2) is 9.84 Å². The Bertz CT molecular complexity index is 610. The van der Waals surface area contributed by atoms with Crippen LogP contribution in [0.25, 0.3) is 0 Å². The van der Waals surface area contributed by atoms with Crippen LogP contribution < -0.4 is 10.1 Å². The highest BCUT2D eigenvalue weighted by atomic mass is 32.2. The summed E-state index contributed by atoms with van der Waals surface area (Å²) in [6, 6.07) is 3.98. The summed E-state index contributed by atoms with van der Waals surface area (Å²) < 4.78 is 29.3. The second-order valence-corrected chi connectivity index (χ2v) is 6.94. The van der Waals surface area contributed by atoms with Gasteiger partial charge in [-0.2, -0.15) is 0 Å². The fourth-order valence-electron chi connectivity index (χ4n) is 2.11. The van der Waals surface area contributed by atoms with Crippen LogP contribution in [0.4, 0.5) is 5.69 Å². The monoisotopic (exact) mass is 300 g/mol. The minimum absolute atomic E-state index is 0.0891. The van der Waals surface area contributed by atoms with Crippen molar-refractivity contribution in [3.8, 4) is 5.75 Å². The first kappa shape index (κ1) is 14.7. The highest BCUT2D eigenvalue weighted by Crippen LogP contribution is 2.26. The van der Waals surface area contributed by atoms with Crippen LogP contribution in [0.1, 0.15) is 5.56 Å². The van der Waals surface area contributed by atoms with E-state index in [0.29, 0.717) is 24.4 Å². The van der Waals surface area contributed by atoms with E-state index in [1.54, 1.807) is 0 Å². The minimum atomic E-state index is -3.31. The van der Waals surface area contributed by atoms with Crippen molar-refractivity contribution in [2.45, 2.75) is 5.75 Å². The number of benzene rings is 1. The predicted molar refractivity (Wildman–Crippen MR) is 73.5 cm³/mol. The van der Waals surface area contributed by atoms with Crippen molar-refractivity contribution in [2.75, 3.05) is 26.0 Å². The van der Waals surface area contributed by atoms with Crippen LogP contribution in [0.2, 0.25) is 0 Å². The molecule has 0 radical (unpaired) electrons. The first-order valence-electron chi connectivity index (χ1n) is 6.14. The van der Waals surface area contributed by atoms with E-state index < -0.39 is 14.8 Å². The zero-order chi connectivity index (χ0) is 14.8. The smallest absolute Gasteiger partial charge is 0.270 e. The molecule has 20 heavy (non-hydrogen) atoms. The molecular formula is C12H16N2O5S. The number of nitrogens with zero attached hydrogens (tertiary/aromatic N) is 1. The van der Waals surface area contributed by atoms with E-state index in [1.807, 2.05) is 0 Å².